The van der Waals surface area contributed by atoms with E-state index in [0.717, 1.165) is 38.6 Å². The Kier molecular flexibility index (Phi) is 3.87. The second kappa shape index (κ2) is 5.38. The van der Waals surface area contributed by atoms with Crippen LogP contribution in [-0.4, -0.2) is 59.1 Å². The Morgan fingerprint density at radius 2 is 2.56 bits per heavy atom. The van der Waals surface area contributed by atoms with Crippen LogP contribution < -0.4 is 5.32 Å². The van der Waals surface area contributed by atoms with Crippen molar-refractivity contribution in [2.45, 2.75) is 12.6 Å². The van der Waals surface area contributed by atoms with Crippen LogP contribution in [0.2, 0.25) is 0 Å². The van der Waals surface area contributed by atoms with Crippen LogP contribution in [0.4, 0.5) is 0 Å². The molecular formula is C10H19N5O. The van der Waals surface area contributed by atoms with Crippen molar-refractivity contribution >= 4 is 0 Å². The molecule has 1 aromatic rings. The van der Waals surface area contributed by atoms with E-state index < -0.39 is 0 Å². The van der Waals surface area contributed by atoms with E-state index in [1.54, 1.807) is 11.0 Å². The minimum absolute atomic E-state index is 0.284. The van der Waals surface area contributed by atoms with Crippen LogP contribution in [-0.2, 0) is 18.3 Å². The molecular weight excluding hydrogens is 206 g/mol. The summed E-state index contributed by atoms with van der Waals surface area (Å²) in [6.45, 7) is 4.42. The minimum Gasteiger partial charge on any atom is -0.374 e. The van der Waals surface area contributed by atoms with Crippen LogP contribution in [0, 0.1) is 0 Å². The van der Waals surface area contributed by atoms with E-state index in [0.29, 0.717) is 0 Å². The van der Waals surface area contributed by atoms with Gasteiger partial charge >= 0.3 is 0 Å². The quantitative estimate of drug-likeness (QED) is 0.729. The van der Waals surface area contributed by atoms with Crippen LogP contribution >= 0.6 is 0 Å². The fourth-order valence-corrected chi connectivity index (χ4v) is 1.85. The topological polar surface area (TPSA) is 55.2 Å². The van der Waals surface area contributed by atoms with Gasteiger partial charge in [0.05, 0.1) is 19.3 Å². The van der Waals surface area contributed by atoms with Crippen molar-refractivity contribution in [2.75, 3.05) is 33.3 Å². The molecule has 0 radical (unpaired) electrons. The van der Waals surface area contributed by atoms with E-state index in [-0.39, 0.29) is 6.10 Å². The number of morpholine rings is 1. The van der Waals surface area contributed by atoms with Crippen molar-refractivity contribution in [2.24, 2.45) is 7.05 Å². The van der Waals surface area contributed by atoms with Crippen molar-refractivity contribution in [1.82, 2.24) is 25.0 Å². The summed E-state index contributed by atoms with van der Waals surface area (Å²) >= 11 is 0. The summed E-state index contributed by atoms with van der Waals surface area (Å²) in [6, 6.07) is 0. The third kappa shape index (κ3) is 3.01. The second-order valence-electron chi connectivity index (χ2n) is 4.19. The maximum absolute atomic E-state index is 5.65. The fraction of sp³-hybridized carbons (Fsp3) is 0.800. The maximum Gasteiger partial charge on any atom is 0.140 e. The van der Waals surface area contributed by atoms with Crippen molar-refractivity contribution in [1.29, 1.82) is 0 Å². The Hall–Kier alpha value is -0.980. The summed E-state index contributed by atoms with van der Waals surface area (Å²) in [5, 5.41) is 7.38. The van der Waals surface area contributed by atoms with E-state index in [2.05, 4.69) is 27.3 Å². The van der Waals surface area contributed by atoms with Crippen LogP contribution in [0.25, 0.3) is 0 Å². The van der Waals surface area contributed by atoms with Crippen molar-refractivity contribution in [3.63, 3.8) is 0 Å². The highest BCUT2D eigenvalue weighted by Gasteiger charge is 2.16. The third-order valence-electron chi connectivity index (χ3n) is 2.74. The molecule has 1 aromatic heterocycles. The second-order valence-corrected chi connectivity index (χ2v) is 4.19. The molecule has 1 atom stereocenters. The molecule has 1 saturated heterocycles. The van der Waals surface area contributed by atoms with Gasteiger partial charge in [-0.2, -0.15) is 5.10 Å². The number of nitrogens with zero attached hydrogens (tertiary/aromatic N) is 4. The lowest BCUT2D eigenvalue weighted by Gasteiger charge is -2.27. The average molecular weight is 225 g/mol. The normalized spacial score (nSPS) is 21.6. The van der Waals surface area contributed by atoms with Crippen molar-refractivity contribution in [3.8, 4) is 0 Å². The summed E-state index contributed by atoms with van der Waals surface area (Å²) in [4.78, 5) is 6.41. The Balaban J connectivity index is 1.79. The largest absolute Gasteiger partial charge is 0.374 e. The van der Waals surface area contributed by atoms with E-state index >= 15 is 0 Å². The zero-order chi connectivity index (χ0) is 11.4. The Bertz CT molecular complexity index is 321. The van der Waals surface area contributed by atoms with Gasteiger partial charge in [-0.1, -0.05) is 0 Å². The van der Waals surface area contributed by atoms with Gasteiger partial charge < -0.3 is 10.1 Å². The molecule has 1 aliphatic heterocycles. The van der Waals surface area contributed by atoms with E-state index in [4.69, 9.17) is 4.74 Å². The molecule has 2 rings (SSSR count). The van der Waals surface area contributed by atoms with E-state index in [9.17, 15) is 0 Å². The number of ether oxygens (including phenoxy) is 1. The third-order valence-corrected chi connectivity index (χ3v) is 2.74. The summed E-state index contributed by atoms with van der Waals surface area (Å²) in [7, 11) is 3.99. The Labute approximate surface area is 95.6 Å². The maximum atomic E-state index is 5.65. The smallest absolute Gasteiger partial charge is 0.140 e. The molecule has 2 heterocycles. The van der Waals surface area contributed by atoms with Gasteiger partial charge in [0, 0.05) is 26.7 Å². The number of rotatable bonds is 4. The molecule has 0 aliphatic carbocycles. The first kappa shape index (κ1) is 11.5. The average Bonchev–Trinajstić information content (AvgIpc) is 2.66. The van der Waals surface area contributed by atoms with Crippen LogP contribution in [0.3, 0.4) is 0 Å². The number of nitrogens with one attached hydrogen (secondary N) is 1. The van der Waals surface area contributed by atoms with Crippen molar-refractivity contribution in [3.05, 3.63) is 12.2 Å². The molecule has 0 spiro atoms. The van der Waals surface area contributed by atoms with Crippen molar-refractivity contribution < 1.29 is 4.74 Å². The standard InChI is InChI=1S/C10H19N5O/c1-14(6-9-5-11-3-4-16-9)7-10-12-8-13-15(10)2/h8-9,11H,3-7H2,1-2H3. The molecule has 6 nitrogen and oxygen atoms in total. The number of hydrogen-bond donors (Lipinski definition) is 1. The molecule has 1 aliphatic rings. The summed E-state index contributed by atoms with van der Waals surface area (Å²) < 4.78 is 7.45. The van der Waals surface area contributed by atoms with Gasteiger partial charge in [-0.25, -0.2) is 4.98 Å². The molecule has 6 heteroatoms. The van der Waals surface area contributed by atoms with E-state index in [1.807, 2.05) is 7.05 Å². The molecule has 90 valence electrons. The Morgan fingerprint density at radius 1 is 1.69 bits per heavy atom. The van der Waals surface area contributed by atoms with Crippen LogP contribution in [0.5, 0.6) is 0 Å². The molecule has 1 fully saturated rings. The zero-order valence-electron chi connectivity index (χ0n) is 9.89. The fourth-order valence-electron chi connectivity index (χ4n) is 1.85. The number of hydrogen-bond acceptors (Lipinski definition) is 5. The zero-order valence-corrected chi connectivity index (χ0v) is 9.89. The lowest BCUT2D eigenvalue weighted by atomic mass is 10.3. The highest BCUT2D eigenvalue weighted by atomic mass is 16.5. The molecule has 16 heavy (non-hydrogen) atoms. The first-order valence-corrected chi connectivity index (χ1v) is 5.59. The molecule has 0 aromatic carbocycles. The van der Waals surface area contributed by atoms with Gasteiger partial charge in [0.25, 0.3) is 0 Å². The van der Waals surface area contributed by atoms with Gasteiger partial charge in [-0.15, -0.1) is 0 Å². The first-order chi connectivity index (χ1) is 7.75. The highest BCUT2D eigenvalue weighted by Crippen LogP contribution is 2.02. The number of likely N-dealkylation sites (N-methyl/N-ethyl adjacent to an activating group) is 1. The SMILES string of the molecule is CN(Cc1ncnn1C)CC1CNCCO1. The lowest BCUT2D eigenvalue weighted by molar-refractivity contribution is 0.00834. The summed E-state index contributed by atoms with van der Waals surface area (Å²) in [5.41, 5.74) is 0. The minimum atomic E-state index is 0.284. The molecule has 1 N–H and O–H groups in total. The van der Waals surface area contributed by atoms with Gasteiger partial charge in [0.2, 0.25) is 0 Å². The lowest BCUT2D eigenvalue weighted by Crippen LogP contribution is -2.44. The Morgan fingerprint density at radius 3 is 3.19 bits per heavy atom. The predicted octanol–water partition coefficient (Wildman–Crippen LogP) is -0.765. The molecule has 1 unspecified atom stereocenters. The van der Waals surface area contributed by atoms with Gasteiger partial charge in [-0.05, 0) is 7.05 Å². The van der Waals surface area contributed by atoms with Crippen LogP contribution in [0.1, 0.15) is 5.82 Å². The van der Waals surface area contributed by atoms with Gasteiger partial charge in [0.15, 0.2) is 0 Å². The van der Waals surface area contributed by atoms with Gasteiger partial charge in [0.1, 0.15) is 12.2 Å². The monoisotopic (exact) mass is 225 g/mol. The first-order valence-electron chi connectivity index (χ1n) is 5.59. The molecule has 0 saturated carbocycles. The number of aromatic nitrogens is 3. The number of aryl methyl sites for hydroxylation is 1. The summed E-state index contributed by atoms with van der Waals surface area (Å²) in [5.74, 6) is 0.978. The molecule has 0 amide bonds. The van der Waals surface area contributed by atoms with Crippen LogP contribution in [0.15, 0.2) is 6.33 Å². The van der Waals surface area contributed by atoms with Gasteiger partial charge in [-0.3, -0.25) is 9.58 Å². The predicted molar refractivity (Wildman–Crippen MR) is 59.9 cm³/mol. The van der Waals surface area contributed by atoms with E-state index in [1.165, 1.54) is 0 Å². The highest BCUT2D eigenvalue weighted by molar-refractivity contribution is 4.83. The molecule has 0 bridgehead atoms. The summed E-state index contributed by atoms with van der Waals surface area (Å²) in [6.07, 6.45) is 1.87.